The number of sulfonamides is 1. The summed E-state index contributed by atoms with van der Waals surface area (Å²) >= 11 is 5.83. The number of halogens is 1. The van der Waals surface area contributed by atoms with E-state index in [2.05, 4.69) is 5.32 Å². The van der Waals surface area contributed by atoms with Gasteiger partial charge in [0, 0.05) is 11.6 Å². The monoisotopic (exact) mass is 380 g/mol. The van der Waals surface area contributed by atoms with Crippen LogP contribution in [0.1, 0.15) is 5.56 Å². The van der Waals surface area contributed by atoms with Crippen LogP contribution in [0.15, 0.2) is 48.5 Å². The summed E-state index contributed by atoms with van der Waals surface area (Å²) in [6.07, 6.45) is 0.189. The predicted octanol–water partition coefficient (Wildman–Crippen LogP) is 2.18. The number of benzene rings is 2. The highest BCUT2D eigenvalue weighted by Crippen LogP contribution is 2.34. The Morgan fingerprint density at radius 2 is 1.92 bits per heavy atom. The first-order valence-electron chi connectivity index (χ1n) is 7.60. The Labute approximate surface area is 151 Å². The lowest BCUT2D eigenvalue weighted by Crippen LogP contribution is -2.50. The van der Waals surface area contributed by atoms with Crippen molar-refractivity contribution < 1.29 is 17.9 Å². The molecule has 132 valence electrons. The van der Waals surface area contributed by atoms with E-state index >= 15 is 0 Å². The van der Waals surface area contributed by atoms with Gasteiger partial charge in [0.05, 0.1) is 18.5 Å². The lowest BCUT2D eigenvalue weighted by atomic mass is 10.2. The summed E-state index contributed by atoms with van der Waals surface area (Å²) in [6.45, 7) is 0.235. The highest BCUT2D eigenvalue weighted by molar-refractivity contribution is 7.92. The first-order chi connectivity index (χ1) is 11.8. The fourth-order valence-electron chi connectivity index (χ4n) is 2.56. The number of para-hydroxylation sites is 2. The molecule has 1 aliphatic rings. The van der Waals surface area contributed by atoms with Crippen LogP contribution >= 0.6 is 11.6 Å². The van der Waals surface area contributed by atoms with Gasteiger partial charge in [-0.3, -0.25) is 9.10 Å². The maximum absolute atomic E-state index is 12.4. The number of rotatable bonds is 4. The molecule has 25 heavy (non-hydrogen) atoms. The quantitative estimate of drug-likeness (QED) is 0.882. The molecule has 0 saturated heterocycles. The summed E-state index contributed by atoms with van der Waals surface area (Å²) in [7, 11) is -3.52. The maximum atomic E-state index is 12.4. The minimum Gasteiger partial charge on any atom is -0.476 e. The molecule has 0 spiro atoms. The average molecular weight is 381 g/mol. The number of carbonyl (C=O) groups is 1. The number of ether oxygens (including phenoxy) is 1. The zero-order chi connectivity index (χ0) is 18.0. The first-order valence-corrected chi connectivity index (χ1v) is 9.83. The molecule has 0 bridgehead atoms. The van der Waals surface area contributed by atoms with E-state index in [-0.39, 0.29) is 12.5 Å². The maximum Gasteiger partial charge on any atom is 0.263 e. The second-order valence-corrected chi connectivity index (χ2v) is 8.06. The van der Waals surface area contributed by atoms with Crippen LogP contribution in [-0.2, 0) is 21.4 Å². The van der Waals surface area contributed by atoms with Gasteiger partial charge < -0.3 is 10.1 Å². The van der Waals surface area contributed by atoms with Crippen molar-refractivity contribution >= 4 is 33.2 Å². The Bertz CT molecular complexity index is 884. The van der Waals surface area contributed by atoms with E-state index in [9.17, 15) is 13.2 Å². The van der Waals surface area contributed by atoms with E-state index in [4.69, 9.17) is 16.3 Å². The molecule has 8 heteroatoms. The fraction of sp³-hybridized carbons (Fsp3) is 0.235. The summed E-state index contributed by atoms with van der Waals surface area (Å²) in [5.74, 6) is -0.0103. The number of hydrogen-bond donors (Lipinski definition) is 1. The van der Waals surface area contributed by atoms with Crippen LogP contribution in [0.5, 0.6) is 5.75 Å². The third-order valence-electron chi connectivity index (χ3n) is 3.81. The number of fused-ring (bicyclic) bond motifs is 1. The molecule has 2 aromatic rings. The van der Waals surface area contributed by atoms with Crippen LogP contribution in [0, 0.1) is 0 Å². The van der Waals surface area contributed by atoms with Gasteiger partial charge in [0.15, 0.2) is 6.10 Å². The molecule has 1 aliphatic heterocycles. The topological polar surface area (TPSA) is 75.7 Å². The largest absolute Gasteiger partial charge is 0.476 e. The zero-order valence-electron chi connectivity index (χ0n) is 13.5. The van der Waals surface area contributed by atoms with E-state index in [1.807, 2.05) is 12.1 Å². The summed E-state index contributed by atoms with van der Waals surface area (Å²) in [4.78, 5) is 12.4. The lowest BCUT2D eigenvalue weighted by molar-refractivity contribution is -0.127. The molecule has 2 aromatic carbocycles. The average Bonchev–Trinajstić information content (AvgIpc) is 2.59. The molecular formula is C17H17ClN2O4S. The van der Waals surface area contributed by atoms with Crippen molar-refractivity contribution in [3.63, 3.8) is 0 Å². The summed E-state index contributed by atoms with van der Waals surface area (Å²) in [5, 5.41) is 3.38. The Kier molecular flexibility index (Phi) is 4.87. The highest BCUT2D eigenvalue weighted by Gasteiger charge is 2.34. The van der Waals surface area contributed by atoms with E-state index in [0.29, 0.717) is 23.0 Å². The van der Waals surface area contributed by atoms with Gasteiger partial charge in [-0.05, 0) is 29.8 Å². The van der Waals surface area contributed by atoms with E-state index in [0.717, 1.165) is 11.8 Å². The molecule has 1 heterocycles. The van der Waals surface area contributed by atoms with Crippen molar-refractivity contribution in [2.24, 2.45) is 0 Å². The summed E-state index contributed by atoms with van der Waals surface area (Å²) in [5.41, 5.74) is 1.32. The molecule has 0 unspecified atom stereocenters. The van der Waals surface area contributed by atoms with Crippen LogP contribution < -0.4 is 14.4 Å². The second-order valence-electron chi connectivity index (χ2n) is 5.71. The molecule has 6 nitrogen and oxygen atoms in total. The molecule has 1 atom stereocenters. The molecule has 3 rings (SSSR count). The van der Waals surface area contributed by atoms with E-state index < -0.39 is 16.1 Å². The summed E-state index contributed by atoms with van der Waals surface area (Å²) in [6, 6.07) is 13.8. The Hall–Kier alpha value is -2.25. The lowest BCUT2D eigenvalue weighted by Gasteiger charge is -2.33. The van der Waals surface area contributed by atoms with Crippen molar-refractivity contribution in [2.45, 2.75) is 12.6 Å². The third kappa shape index (κ3) is 4.05. The van der Waals surface area contributed by atoms with Gasteiger partial charge in [-0.15, -0.1) is 0 Å². The molecule has 0 aliphatic carbocycles. The van der Waals surface area contributed by atoms with Gasteiger partial charge in [0.1, 0.15) is 5.75 Å². The SMILES string of the molecule is CS(=O)(=O)N1C[C@@H](C(=O)NCc2ccc(Cl)cc2)Oc2ccccc21. The number of nitrogens with one attached hydrogen (secondary N) is 1. The third-order valence-corrected chi connectivity index (χ3v) is 5.21. The number of hydrogen-bond acceptors (Lipinski definition) is 4. The van der Waals surface area contributed by atoms with Crippen LogP contribution in [0.2, 0.25) is 5.02 Å². The van der Waals surface area contributed by atoms with E-state index in [1.54, 1.807) is 36.4 Å². The van der Waals surface area contributed by atoms with Crippen molar-refractivity contribution in [2.75, 3.05) is 17.1 Å². The Morgan fingerprint density at radius 1 is 1.24 bits per heavy atom. The van der Waals surface area contributed by atoms with E-state index in [1.165, 1.54) is 4.31 Å². The van der Waals surface area contributed by atoms with Gasteiger partial charge in [0.25, 0.3) is 5.91 Å². The highest BCUT2D eigenvalue weighted by atomic mass is 35.5. The van der Waals surface area contributed by atoms with Crippen molar-refractivity contribution in [3.05, 3.63) is 59.1 Å². The van der Waals surface area contributed by atoms with Gasteiger partial charge in [-0.1, -0.05) is 35.9 Å². The smallest absolute Gasteiger partial charge is 0.263 e. The van der Waals surface area contributed by atoms with Crippen molar-refractivity contribution in [3.8, 4) is 5.75 Å². The number of nitrogens with zero attached hydrogens (tertiary/aromatic N) is 1. The number of carbonyl (C=O) groups excluding carboxylic acids is 1. The van der Waals surface area contributed by atoms with Crippen LogP contribution in [0.25, 0.3) is 0 Å². The second kappa shape index (κ2) is 6.93. The van der Waals surface area contributed by atoms with Crippen LogP contribution in [-0.4, -0.2) is 33.2 Å². The summed E-state index contributed by atoms with van der Waals surface area (Å²) < 4.78 is 31.0. The molecule has 0 saturated carbocycles. The Balaban J connectivity index is 1.74. The number of anilines is 1. The Morgan fingerprint density at radius 3 is 2.60 bits per heavy atom. The van der Waals surface area contributed by atoms with Gasteiger partial charge in [-0.2, -0.15) is 0 Å². The van der Waals surface area contributed by atoms with Gasteiger partial charge >= 0.3 is 0 Å². The normalized spacial score (nSPS) is 16.7. The van der Waals surface area contributed by atoms with Crippen molar-refractivity contribution in [1.82, 2.24) is 5.32 Å². The predicted molar refractivity (Wildman–Crippen MR) is 96.3 cm³/mol. The van der Waals surface area contributed by atoms with Gasteiger partial charge in [0.2, 0.25) is 10.0 Å². The molecular weight excluding hydrogens is 364 g/mol. The molecule has 0 aromatic heterocycles. The molecule has 1 N–H and O–H groups in total. The minimum atomic E-state index is -3.52. The van der Waals surface area contributed by atoms with Crippen LogP contribution in [0.3, 0.4) is 0 Å². The molecule has 0 fully saturated rings. The van der Waals surface area contributed by atoms with Crippen molar-refractivity contribution in [1.29, 1.82) is 0 Å². The standard InChI is InChI=1S/C17H17ClN2O4S/c1-25(22,23)20-11-16(24-15-5-3-2-4-14(15)20)17(21)19-10-12-6-8-13(18)9-7-12/h2-9,16H,10-11H2,1H3,(H,19,21)/t16-/m0/s1. The number of amides is 1. The molecule has 1 amide bonds. The minimum absolute atomic E-state index is 0.0672. The fourth-order valence-corrected chi connectivity index (χ4v) is 3.60. The first kappa shape index (κ1) is 17.6. The molecule has 0 radical (unpaired) electrons. The van der Waals surface area contributed by atoms with Crippen LogP contribution in [0.4, 0.5) is 5.69 Å². The zero-order valence-corrected chi connectivity index (χ0v) is 15.0. The van der Waals surface area contributed by atoms with Gasteiger partial charge in [-0.25, -0.2) is 8.42 Å².